The predicted octanol–water partition coefficient (Wildman–Crippen LogP) is 2.67. The van der Waals surface area contributed by atoms with Gasteiger partial charge < -0.3 is 5.73 Å². The van der Waals surface area contributed by atoms with Crippen LogP contribution in [0.15, 0.2) is 48.5 Å². The van der Waals surface area contributed by atoms with Gasteiger partial charge in [-0.1, -0.05) is 41.9 Å². The molecule has 2 N–H and O–H groups in total. The minimum atomic E-state index is -0.647. The number of hydrogen-bond donors (Lipinski definition) is 1. The van der Waals surface area contributed by atoms with Gasteiger partial charge in [-0.15, -0.1) is 0 Å². The van der Waals surface area contributed by atoms with E-state index < -0.39 is 5.91 Å². The van der Waals surface area contributed by atoms with Crippen LogP contribution in [0.3, 0.4) is 0 Å². The highest BCUT2D eigenvalue weighted by atomic mass is 35.5. The highest BCUT2D eigenvalue weighted by Crippen LogP contribution is 2.19. The third-order valence-electron chi connectivity index (χ3n) is 2.53. The van der Waals surface area contributed by atoms with Crippen LogP contribution in [0.4, 0.5) is 0 Å². The van der Waals surface area contributed by atoms with E-state index in [0.29, 0.717) is 10.6 Å². The van der Waals surface area contributed by atoms with Crippen LogP contribution in [-0.4, -0.2) is 11.7 Å². The minimum Gasteiger partial charge on any atom is -0.366 e. The minimum absolute atomic E-state index is 0.174. The molecule has 2 aromatic carbocycles. The second-order valence-corrected chi connectivity index (χ2v) is 4.19. The van der Waals surface area contributed by atoms with Gasteiger partial charge in [-0.3, -0.25) is 9.59 Å². The van der Waals surface area contributed by atoms with Crippen molar-refractivity contribution >= 4 is 23.3 Å². The van der Waals surface area contributed by atoms with Crippen molar-refractivity contribution in [3.63, 3.8) is 0 Å². The molecule has 0 spiro atoms. The average molecular weight is 260 g/mol. The first-order valence-corrected chi connectivity index (χ1v) is 5.66. The third-order valence-corrected chi connectivity index (χ3v) is 2.76. The third kappa shape index (κ3) is 2.41. The van der Waals surface area contributed by atoms with Gasteiger partial charge in [-0.2, -0.15) is 0 Å². The average Bonchev–Trinajstić information content (AvgIpc) is 2.38. The maximum Gasteiger partial charge on any atom is 0.249 e. The molecule has 0 aliphatic rings. The molecule has 18 heavy (non-hydrogen) atoms. The molecule has 1 amide bonds. The van der Waals surface area contributed by atoms with E-state index in [4.69, 9.17) is 17.3 Å². The Morgan fingerprint density at radius 3 is 2.22 bits per heavy atom. The highest BCUT2D eigenvalue weighted by Gasteiger charge is 2.16. The van der Waals surface area contributed by atoms with Crippen LogP contribution in [0.1, 0.15) is 26.3 Å². The van der Waals surface area contributed by atoms with Gasteiger partial charge in [-0.05, 0) is 18.2 Å². The Bertz CT molecular complexity index is 608. The van der Waals surface area contributed by atoms with Crippen molar-refractivity contribution in [2.24, 2.45) is 5.73 Å². The Kier molecular flexibility index (Phi) is 3.44. The van der Waals surface area contributed by atoms with E-state index in [1.165, 1.54) is 18.2 Å². The summed E-state index contributed by atoms with van der Waals surface area (Å²) >= 11 is 5.85. The Labute approximate surface area is 109 Å². The molecule has 3 nitrogen and oxygen atoms in total. The van der Waals surface area contributed by atoms with E-state index in [1.807, 2.05) is 6.07 Å². The van der Waals surface area contributed by atoms with Gasteiger partial charge in [0.05, 0.1) is 5.56 Å². The fourth-order valence-electron chi connectivity index (χ4n) is 1.66. The van der Waals surface area contributed by atoms with E-state index in [-0.39, 0.29) is 16.9 Å². The molecular formula is C14H10ClNO2. The van der Waals surface area contributed by atoms with Crippen LogP contribution in [0.5, 0.6) is 0 Å². The van der Waals surface area contributed by atoms with E-state index in [1.54, 1.807) is 24.3 Å². The zero-order valence-electron chi connectivity index (χ0n) is 9.39. The first kappa shape index (κ1) is 12.3. The maximum absolute atomic E-state index is 12.3. The van der Waals surface area contributed by atoms with Crippen molar-refractivity contribution in [3.8, 4) is 0 Å². The lowest BCUT2D eigenvalue weighted by Crippen LogP contribution is -2.16. The van der Waals surface area contributed by atoms with Crippen molar-refractivity contribution in [1.29, 1.82) is 0 Å². The van der Waals surface area contributed by atoms with Gasteiger partial charge in [0, 0.05) is 16.1 Å². The van der Waals surface area contributed by atoms with Crippen LogP contribution >= 0.6 is 11.6 Å². The molecule has 0 saturated carbocycles. The largest absolute Gasteiger partial charge is 0.366 e. The lowest BCUT2D eigenvalue weighted by atomic mass is 9.98. The number of halogens is 1. The molecule has 0 fully saturated rings. The van der Waals surface area contributed by atoms with Crippen molar-refractivity contribution in [2.45, 2.75) is 0 Å². The summed E-state index contributed by atoms with van der Waals surface area (Å²) in [7, 11) is 0. The van der Waals surface area contributed by atoms with Crippen LogP contribution < -0.4 is 5.73 Å². The number of benzene rings is 2. The Hall–Kier alpha value is -2.13. The summed E-state index contributed by atoms with van der Waals surface area (Å²) in [6.45, 7) is 0. The molecule has 0 atom stereocenters. The summed E-state index contributed by atoms with van der Waals surface area (Å²) in [5.41, 5.74) is 6.13. The second kappa shape index (κ2) is 5.02. The van der Waals surface area contributed by atoms with Crippen molar-refractivity contribution < 1.29 is 9.59 Å². The maximum atomic E-state index is 12.3. The molecule has 0 aromatic heterocycles. The van der Waals surface area contributed by atoms with Crippen molar-refractivity contribution in [1.82, 2.24) is 0 Å². The summed E-state index contributed by atoms with van der Waals surface area (Å²) in [5.74, 6) is -0.919. The molecule has 0 bridgehead atoms. The Balaban J connectivity index is 2.54. The summed E-state index contributed by atoms with van der Waals surface area (Å²) in [4.78, 5) is 23.6. The van der Waals surface area contributed by atoms with Crippen molar-refractivity contribution in [2.75, 3.05) is 0 Å². The lowest BCUT2D eigenvalue weighted by molar-refractivity contribution is 0.0981. The standard InChI is InChI=1S/C14H10ClNO2/c15-10-6-7-11(14(16)18)12(8-10)13(17)9-4-2-1-3-5-9/h1-8H,(H2,16,18). The molecule has 2 aromatic rings. The summed E-state index contributed by atoms with van der Waals surface area (Å²) in [5, 5.41) is 0.388. The van der Waals surface area contributed by atoms with Crippen LogP contribution in [-0.2, 0) is 0 Å². The molecule has 90 valence electrons. The van der Waals surface area contributed by atoms with Crippen LogP contribution in [0, 0.1) is 0 Å². The van der Waals surface area contributed by atoms with Gasteiger partial charge in [0.1, 0.15) is 0 Å². The van der Waals surface area contributed by atoms with E-state index in [2.05, 4.69) is 0 Å². The number of hydrogen-bond acceptors (Lipinski definition) is 2. The van der Waals surface area contributed by atoms with Gasteiger partial charge in [0.2, 0.25) is 5.91 Å². The molecule has 2 rings (SSSR count). The molecule has 0 saturated heterocycles. The fraction of sp³-hybridized carbons (Fsp3) is 0. The summed E-state index contributed by atoms with van der Waals surface area (Å²) in [6.07, 6.45) is 0. The number of nitrogens with two attached hydrogens (primary N) is 1. The van der Waals surface area contributed by atoms with Crippen LogP contribution in [0.2, 0.25) is 5.02 Å². The van der Waals surface area contributed by atoms with Crippen molar-refractivity contribution in [3.05, 3.63) is 70.2 Å². The predicted molar refractivity (Wildman–Crippen MR) is 69.8 cm³/mol. The second-order valence-electron chi connectivity index (χ2n) is 3.75. The first-order chi connectivity index (χ1) is 8.59. The number of primary amides is 1. The fourth-order valence-corrected chi connectivity index (χ4v) is 1.84. The molecule has 0 aliphatic heterocycles. The zero-order chi connectivity index (χ0) is 13.1. The molecule has 0 heterocycles. The SMILES string of the molecule is NC(=O)c1ccc(Cl)cc1C(=O)c1ccccc1. The Morgan fingerprint density at radius 2 is 1.61 bits per heavy atom. The first-order valence-electron chi connectivity index (χ1n) is 5.28. The van der Waals surface area contributed by atoms with Gasteiger partial charge in [-0.25, -0.2) is 0 Å². The number of rotatable bonds is 3. The monoisotopic (exact) mass is 259 g/mol. The number of carbonyl (C=O) groups is 2. The number of ketones is 1. The highest BCUT2D eigenvalue weighted by molar-refractivity contribution is 6.31. The summed E-state index contributed by atoms with van der Waals surface area (Å²) in [6, 6.07) is 13.1. The topological polar surface area (TPSA) is 60.2 Å². The molecule has 0 radical (unpaired) electrons. The molecule has 0 aliphatic carbocycles. The van der Waals surface area contributed by atoms with E-state index in [0.717, 1.165) is 0 Å². The normalized spacial score (nSPS) is 10.1. The smallest absolute Gasteiger partial charge is 0.249 e. The van der Waals surface area contributed by atoms with Gasteiger partial charge in [0.15, 0.2) is 5.78 Å². The van der Waals surface area contributed by atoms with E-state index in [9.17, 15) is 9.59 Å². The lowest BCUT2D eigenvalue weighted by Gasteiger charge is -2.06. The van der Waals surface area contributed by atoms with Gasteiger partial charge >= 0.3 is 0 Å². The zero-order valence-corrected chi connectivity index (χ0v) is 10.1. The van der Waals surface area contributed by atoms with Crippen LogP contribution in [0.25, 0.3) is 0 Å². The van der Waals surface area contributed by atoms with E-state index >= 15 is 0 Å². The number of amides is 1. The molecule has 0 unspecified atom stereocenters. The summed E-state index contributed by atoms with van der Waals surface area (Å²) < 4.78 is 0. The molecular weight excluding hydrogens is 250 g/mol. The Morgan fingerprint density at radius 1 is 0.944 bits per heavy atom. The molecule has 4 heteroatoms. The van der Waals surface area contributed by atoms with Gasteiger partial charge in [0.25, 0.3) is 0 Å². The quantitative estimate of drug-likeness (QED) is 0.862. The number of carbonyl (C=O) groups excluding carboxylic acids is 2.